The fourth-order valence-electron chi connectivity index (χ4n) is 1.65. The van der Waals surface area contributed by atoms with Crippen LogP contribution in [0.25, 0.3) is 0 Å². The van der Waals surface area contributed by atoms with Crippen molar-refractivity contribution >= 4 is 23.5 Å². The minimum absolute atomic E-state index is 0.0119. The lowest BCUT2D eigenvalue weighted by molar-refractivity contribution is 0.0696. The van der Waals surface area contributed by atoms with Crippen molar-refractivity contribution in [1.29, 1.82) is 0 Å². The summed E-state index contributed by atoms with van der Waals surface area (Å²) in [7, 11) is 0. The zero-order valence-corrected chi connectivity index (χ0v) is 11.4. The Labute approximate surface area is 124 Å². The summed E-state index contributed by atoms with van der Waals surface area (Å²) in [6.45, 7) is -0.0119. The molecule has 21 heavy (non-hydrogen) atoms. The van der Waals surface area contributed by atoms with Crippen LogP contribution in [0.2, 0.25) is 5.02 Å². The van der Waals surface area contributed by atoms with Crippen molar-refractivity contribution in [3.05, 3.63) is 64.2 Å². The van der Waals surface area contributed by atoms with E-state index in [4.69, 9.17) is 16.7 Å². The van der Waals surface area contributed by atoms with Gasteiger partial charge in [-0.05, 0) is 30.3 Å². The molecule has 2 aromatic rings. The molecule has 1 aromatic heterocycles. The first-order chi connectivity index (χ1) is 9.97. The minimum Gasteiger partial charge on any atom is -0.478 e. The fraction of sp³-hybridized carbons (Fsp3) is 0.0714. The molecule has 0 saturated carbocycles. The number of benzene rings is 1. The Morgan fingerprint density at radius 3 is 2.71 bits per heavy atom. The number of carboxylic acids is 1. The Morgan fingerprint density at radius 2 is 2.05 bits per heavy atom. The number of amides is 1. The van der Waals surface area contributed by atoms with Crippen LogP contribution in [0.15, 0.2) is 36.5 Å². The van der Waals surface area contributed by atoms with Crippen LogP contribution in [-0.2, 0) is 6.54 Å². The molecule has 108 valence electrons. The topological polar surface area (TPSA) is 79.3 Å². The summed E-state index contributed by atoms with van der Waals surface area (Å²) in [5.74, 6) is -2.45. The van der Waals surface area contributed by atoms with Gasteiger partial charge in [-0.15, -0.1) is 0 Å². The Bertz CT molecular complexity index is 706. The smallest absolute Gasteiger partial charge is 0.335 e. The minimum atomic E-state index is -1.09. The first-order valence-corrected chi connectivity index (χ1v) is 6.26. The van der Waals surface area contributed by atoms with Gasteiger partial charge >= 0.3 is 5.97 Å². The maximum Gasteiger partial charge on any atom is 0.335 e. The number of aromatic carboxylic acids is 1. The van der Waals surface area contributed by atoms with E-state index in [0.29, 0.717) is 5.69 Å². The van der Waals surface area contributed by atoms with Crippen molar-refractivity contribution in [3.8, 4) is 0 Å². The van der Waals surface area contributed by atoms with Crippen molar-refractivity contribution in [2.45, 2.75) is 6.54 Å². The quantitative estimate of drug-likeness (QED) is 0.909. The van der Waals surface area contributed by atoms with Crippen molar-refractivity contribution in [2.75, 3.05) is 0 Å². The van der Waals surface area contributed by atoms with Crippen molar-refractivity contribution in [3.63, 3.8) is 0 Å². The van der Waals surface area contributed by atoms with E-state index in [1.165, 1.54) is 30.5 Å². The van der Waals surface area contributed by atoms with Crippen molar-refractivity contribution in [1.82, 2.24) is 10.3 Å². The second-order valence-corrected chi connectivity index (χ2v) is 4.58. The molecule has 2 N–H and O–H groups in total. The van der Waals surface area contributed by atoms with E-state index in [2.05, 4.69) is 10.3 Å². The molecule has 0 spiro atoms. The van der Waals surface area contributed by atoms with Gasteiger partial charge in [0.25, 0.3) is 5.91 Å². The van der Waals surface area contributed by atoms with Crippen LogP contribution in [0.1, 0.15) is 26.4 Å². The number of aromatic nitrogens is 1. The molecule has 5 nitrogen and oxygen atoms in total. The molecule has 1 amide bonds. The second-order valence-electron chi connectivity index (χ2n) is 4.15. The van der Waals surface area contributed by atoms with Gasteiger partial charge in [-0.3, -0.25) is 9.78 Å². The number of pyridine rings is 1. The molecule has 1 heterocycles. The van der Waals surface area contributed by atoms with Crippen molar-refractivity contribution < 1.29 is 19.1 Å². The average Bonchev–Trinajstić information content (AvgIpc) is 2.45. The molecule has 0 unspecified atom stereocenters. The predicted octanol–water partition coefficient (Wildman–Crippen LogP) is 2.50. The SMILES string of the molecule is O=C(O)c1ccnc(CNC(=O)c2ccc(Cl)cc2F)c1. The highest BCUT2D eigenvalue weighted by molar-refractivity contribution is 6.30. The molecule has 1 aromatic carbocycles. The molecule has 0 aliphatic carbocycles. The van der Waals surface area contributed by atoms with Gasteiger partial charge in [0.1, 0.15) is 5.82 Å². The standard InChI is InChI=1S/C14H10ClFN2O3/c15-9-1-2-11(12(16)6-9)13(19)18-7-10-5-8(14(20)21)3-4-17-10/h1-6H,7H2,(H,18,19)(H,20,21). The Morgan fingerprint density at radius 1 is 1.29 bits per heavy atom. The molecule has 0 aliphatic rings. The van der Waals surface area contributed by atoms with Gasteiger partial charge in [-0.25, -0.2) is 9.18 Å². The van der Waals surface area contributed by atoms with Crippen LogP contribution >= 0.6 is 11.6 Å². The molecule has 7 heteroatoms. The van der Waals surface area contributed by atoms with Crippen LogP contribution in [-0.4, -0.2) is 22.0 Å². The third kappa shape index (κ3) is 3.76. The number of halogens is 2. The van der Waals surface area contributed by atoms with E-state index < -0.39 is 17.7 Å². The molecule has 2 rings (SSSR count). The molecule has 0 bridgehead atoms. The lowest BCUT2D eigenvalue weighted by Crippen LogP contribution is -2.24. The largest absolute Gasteiger partial charge is 0.478 e. The molecular formula is C14H10ClFN2O3. The van der Waals surface area contributed by atoms with Crippen LogP contribution < -0.4 is 5.32 Å². The molecule has 0 aliphatic heterocycles. The molecule has 0 fully saturated rings. The number of carboxylic acid groups (broad SMARTS) is 1. The van der Waals surface area contributed by atoms with Gasteiger partial charge in [0.2, 0.25) is 0 Å². The van der Waals surface area contributed by atoms with Gasteiger partial charge in [0.15, 0.2) is 0 Å². The van der Waals surface area contributed by atoms with E-state index in [-0.39, 0.29) is 22.7 Å². The summed E-state index contributed by atoms with van der Waals surface area (Å²) < 4.78 is 13.6. The number of nitrogens with zero attached hydrogens (tertiary/aromatic N) is 1. The van der Waals surface area contributed by atoms with Gasteiger partial charge in [0.05, 0.1) is 23.4 Å². The molecular weight excluding hydrogens is 299 g/mol. The summed E-state index contributed by atoms with van der Waals surface area (Å²) in [4.78, 5) is 26.6. The summed E-state index contributed by atoms with van der Waals surface area (Å²) in [6, 6.07) is 6.39. The summed E-state index contributed by atoms with van der Waals surface area (Å²) >= 11 is 5.60. The summed E-state index contributed by atoms with van der Waals surface area (Å²) in [5.41, 5.74) is 0.276. The maximum absolute atomic E-state index is 13.6. The summed E-state index contributed by atoms with van der Waals surface area (Å²) in [5, 5.41) is 11.5. The van der Waals surface area contributed by atoms with Gasteiger partial charge < -0.3 is 10.4 Å². The van der Waals surface area contributed by atoms with Gasteiger partial charge in [-0.1, -0.05) is 11.6 Å². The zero-order chi connectivity index (χ0) is 15.4. The van der Waals surface area contributed by atoms with Crippen LogP contribution in [0.5, 0.6) is 0 Å². The number of carbonyl (C=O) groups is 2. The highest BCUT2D eigenvalue weighted by Gasteiger charge is 2.12. The number of nitrogens with one attached hydrogen (secondary N) is 1. The third-order valence-corrected chi connectivity index (χ3v) is 2.90. The van der Waals surface area contributed by atoms with E-state index in [9.17, 15) is 14.0 Å². The number of hydrogen-bond acceptors (Lipinski definition) is 3. The fourth-order valence-corrected chi connectivity index (χ4v) is 1.81. The predicted molar refractivity (Wildman–Crippen MR) is 73.8 cm³/mol. The lowest BCUT2D eigenvalue weighted by atomic mass is 10.2. The van der Waals surface area contributed by atoms with E-state index in [0.717, 1.165) is 6.07 Å². The normalized spacial score (nSPS) is 10.2. The van der Waals surface area contributed by atoms with Gasteiger partial charge in [0, 0.05) is 11.2 Å². The second kappa shape index (κ2) is 6.32. The van der Waals surface area contributed by atoms with E-state index in [1.54, 1.807) is 0 Å². The number of hydrogen-bond donors (Lipinski definition) is 2. The van der Waals surface area contributed by atoms with E-state index in [1.807, 2.05) is 0 Å². The maximum atomic E-state index is 13.6. The van der Waals surface area contributed by atoms with E-state index >= 15 is 0 Å². The highest BCUT2D eigenvalue weighted by atomic mass is 35.5. The third-order valence-electron chi connectivity index (χ3n) is 2.67. The van der Waals surface area contributed by atoms with Gasteiger partial charge in [-0.2, -0.15) is 0 Å². The first kappa shape index (κ1) is 14.9. The monoisotopic (exact) mass is 308 g/mol. The molecule has 0 atom stereocenters. The lowest BCUT2D eigenvalue weighted by Gasteiger charge is -2.06. The first-order valence-electron chi connectivity index (χ1n) is 5.89. The van der Waals surface area contributed by atoms with Crippen LogP contribution in [0, 0.1) is 5.82 Å². The van der Waals surface area contributed by atoms with Crippen LogP contribution in [0.4, 0.5) is 4.39 Å². The average molecular weight is 309 g/mol. The summed E-state index contributed by atoms with van der Waals surface area (Å²) in [6.07, 6.45) is 1.33. The van der Waals surface area contributed by atoms with Crippen molar-refractivity contribution in [2.24, 2.45) is 0 Å². The highest BCUT2D eigenvalue weighted by Crippen LogP contribution is 2.14. The Balaban J connectivity index is 2.07. The Kier molecular flexibility index (Phi) is 4.49. The molecule has 0 saturated heterocycles. The molecule has 0 radical (unpaired) electrons. The number of rotatable bonds is 4. The zero-order valence-electron chi connectivity index (χ0n) is 10.6. The Hall–Kier alpha value is -2.47. The van der Waals surface area contributed by atoms with Crippen LogP contribution in [0.3, 0.4) is 0 Å². The number of carbonyl (C=O) groups excluding carboxylic acids is 1.